The Morgan fingerprint density at radius 2 is 0.477 bits per heavy atom. The number of alkyl halides is 3. The molecule has 0 N–H and O–H groups in total. The molecule has 557 valence electrons. The Balaban J connectivity index is 0.000000217. The van der Waals surface area contributed by atoms with Crippen LogP contribution < -0.4 is 0 Å². The molecule has 0 unspecified atom stereocenters. The van der Waals surface area contributed by atoms with E-state index < -0.39 is 19.6 Å². The number of carbonyl (C=O) groups excluding carboxylic acids is 1. The molecule has 109 heavy (non-hydrogen) atoms. The number of aryl methyl sites for hydroxylation is 12. The van der Waals surface area contributed by atoms with Crippen molar-refractivity contribution in [2.45, 2.75) is 83.2 Å². The number of rotatable bonds is 24. The first-order valence-corrected chi connectivity index (χ1v) is 44.5. The first kappa shape index (κ1) is 83.9. The monoisotopic (exact) mass is 1950 g/mol. The van der Waals surface area contributed by atoms with Crippen molar-refractivity contribution in [1.82, 2.24) is 29.9 Å². The summed E-state index contributed by atoms with van der Waals surface area (Å²) in [4.78, 5) is 37.0. The SMILES string of the molecule is O=[C-]C(F)(F)F.[Cl][Ir]([Cl])[Cl].[Ir+3].[O]=[Ag].[c-]1ccccc1-c1ccc(CCc2cc(CCc3ccc(-c4[c-]cccc4)nc3)cc(CCc3ccc(-c4[c-]cccc4)nc3)c2)cn1.c1ccc(-c2ccc(CCc3cc(CCc4ccc(-c5ccccc5)nc4)cc(CCc4ccc(-c5ccccc5)nc4)c3)cn2)cc1. The van der Waals surface area contributed by atoms with E-state index in [1.165, 1.54) is 66.8 Å². The summed E-state index contributed by atoms with van der Waals surface area (Å²) in [5.74, 6) is 0. The van der Waals surface area contributed by atoms with Crippen molar-refractivity contribution < 1.29 is 75.8 Å². The van der Waals surface area contributed by atoms with Gasteiger partial charge < -0.3 is 19.7 Å². The Morgan fingerprint density at radius 3 is 0.642 bits per heavy atom. The van der Waals surface area contributed by atoms with E-state index in [0.717, 1.165) is 145 Å². The van der Waals surface area contributed by atoms with Gasteiger partial charge in [-0.2, -0.15) is 6.29 Å². The summed E-state index contributed by atoms with van der Waals surface area (Å²) < 4.78 is 39.1. The summed E-state index contributed by atoms with van der Waals surface area (Å²) in [6.07, 6.45) is 18.8. The third-order valence-corrected chi connectivity index (χ3v) is 17.7. The van der Waals surface area contributed by atoms with Crippen molar-refractivity contribution in [3.8, 4) is 67.5 Å². The van der Waals surface area contributed by atoms with E-state index in [4.69, 9.17) is 66.7 Å². The Bertz CT molecular complexity index is 4150. The average molecular weight is 1950 g/mol. The van der Waals surface area contributed by atoms with Crippen LogP contribution in [0.25, 0.3) is 67.5 Å². The minimum Gasteiger partial charge on any atom is -0.304 e. The molecule has 6 aromatic heterocycles. The van der Waals surface area contributed by atoms with Gasteiger partial charge in [-0.25, -0.2) is 13.2 Å². The molecule has 0 spiro atoms. The number of hydrogen-bond donors (Lipinski definition) is 0. The molecule has 14 aromatic rings. The Hall–Kier alpha value is -9.17. The predicted octanol–water partition coefficient (Wildman–Crippen LogP) is 22.5. The predicted molar refractivity (Wildman–Crippen MR) is 422 cm³/mol. The normalized spacial score (nSPS) is 10.8. The molecule has 0 amide bonds. The Kier molecular flexibility index (Phi) is 34.7. The molecule has 0 radical (unpaired) electrons. The van der Waals surface area contributed by atoms with Crippen LogP contribution in [0.3, 0.4) is 0 Å². The van der Waals surface area contributed by atoms with Crippen LogP contribution in [0.2, 0.25) is 0 Å². The van der Waals surface area contributed by atoms with E-state index in [1.807, 2.05) is 128 Å². The summed E-state index contributed by atoms with van der Waals surface area (Å²) in [6, 6.07) is 105. The molecular weight excluding hydrogens is 1880 g/mol. The summed E-state index contributed by atoms with van der Waals surface area (Å²) in [6.45, 7) is 0. The van der Waals surface area contributed by atoms with Crippen LogP contribution in [-0.2, 0) is 140 Å². The second-order valence-corrected chi connectivity index (χ2v) is 35.7. The number of halogens is 6. The fraction of sp³-hybridized carbons (Fsp3) is 0.141. The largest absolute Gasteiger partial charge is 0.304 e. The van der Waals surface area contributed by atoms with Crippen LogP contribution in [-0.4, -0.2) is 42.4 Å². The van der Waals surface area contributed by atoms with Crippen molar-refractivity contribution in [1.29, 1.82) is 0 Å². The maximum absolute atomic E-state index is 10.4. The van der Waals surface area contributed by atoms with Crippen LogP contribution in [0.4, 0.5) is 13.2 Å². The summed E-state index contributed by atoms with van der Waals surface area (Å²) >= 11 is -0.217. The second-order valence-electron chi connectivity index (χ2n) is 25.3. The van der Waals surface area contributed by atoms with E-state index in [-0.39, 0.29) is 26.4 Å². The minimum absolute atomic E-state index is 0. The van der Waals surface area contributed by atoms with Gasteiger partial charge in [0.2, 0.25) is 0 Å². The van der Waals surface area contributed by atoms with E-state index in [2.05, 4.69) is 200 Å². The summed E-state index contributed by atoms with van der Waals surface area (Å²) in [5.41, 5.74) is 28.2. The van der Waals surface area contributed by atoms with Gasteiger partial charge >= 0.3 is 86.6 Å². The van der Waals surface area contributed by atoms with E-state index in [9.17, 15) is 13.2 Å². The molecule has 6 heterocycles. The van der Waals surface area contributed by atoms with Crippen molar-refractivity contribution in [3.63, 3.8) is 0 Å². The zero-order valence-corrected chi connectivity index (χ0v) is 67.7. The van der Waals surface area contributed by atoms with Crippen LogP contribution >= 0.6 is 28.8 Å². The summed E-state index contributed by atoms with van der Waals surface area (Å²) in [7, 11) is 14.9. The molecule has 0 aliphatic carbocycles. The van der Waals surface area contributed by atoms with Gasteiger partial charge in [0.15, 0.2) is 0 Å². The third-order valence-electron chi connectivity index (χ3n) is 17.7. The zero-order valence-electron chi connectivity index (χ0n) is 59.2. The van der Waals surface area contributed by atoms with Gasteiger partial charge in [0.1, 0.15) is 0 Å². The van der Waals surface area contributed by atoms with Gasteiger partial charge in [-0.05, 0) is 179 Å². The van der Waals surface area contributed by atoms with Crippen LogP contribution in [0, 0.1) is 18.2 Å². The minimum atomic E-state index is -4.76. The second kappa shape index (κ2) is 45.1. The smallest absolute Gasteiger partial charge is 0.0702 e. The average Bonchev–Trinajstić information content (AvgIpc) is 0.847. The quantitative estimate of drug-likeness (QED) is 0.0434. The molecule has 0 bridgehead atoms. The zero-order chi connectivity index (χ0) is 75.6. The number of aromatic nitrogens is 6. The standard InChI is InChI=1S/C45H39N3.C45H36N3.C2F3O.Ag.3ClH.2Ir.O/c2*1-4-10-40(11-5-1)43-25-22-34(31-46-43)16-19-37-28-38(20-17-35-23-26-44(47-32-35)41-12-6-2-7-13-41)30-39(29-37)21-18-36-24-27-45(48-33-36)42-14-8-3-9-15-42;3-2(4,5)1-6;;;;;;;/h1-15,22-33H,16-21H2;1-10,12,14,22-33H,16-21H2;;;3*1H;;;/q;-3;-1;;;;;2*+3;/p-3. The number of hydrogen-bond acceptors (Lipinski definition) is 8. The van der Waals surface area contributed by atoms with Gasteiger partial charge in [0.05, 0.1) is 17.1 Å². The molecule has 8 aromatic carbocycles. The maximum Gasteiger partial charge on any atom is 0.0702 e. The maximum atomic E-state index is 10.4. The number of benzene rings is 8. The number of nitrogens with zero attached hydrogens (tertiary/aromatic N) is 6. The molecule has 0 saturated carbocycles. The molecule has 17 heteroatoms. The molecule has 14 rings (SSSR count). The van der Waals surface area contributed by atoms with Gasteiger partial charge in [-0.1, -0.05) is 182 Å². The fourth-order valence-electron chi connectivity index (χ4n) is 12.2. The van der Waals surface area contributed by atoms with Crippen molar-refractivity contribution in [2.24, 2.45) is 0 Å². The van der Waals surface area contributed by atoms with Crippen LogP contribution in [0.5, 0.6) is 0 Å². The summed E-state index contributed by atoms with van der Waals surface area (Å²) in [5, 5.41) is 0. The van der Waals surface area contributed by atoms with Crippen LogP contribution in [0.15, 0.2) is 310 Å². The molecule has 0 aliphatic rings. The van der Waals surface area contributed by atoms with Crippen LogP contribution in [0.1, 0.15) is 66.8 Å². The Morgan fingerprint density at radius 1 is 0.294 bits per heavy atom. The van der Waals surface area contributed by atoms with Crippen molar-refractivity contribution in [3.05, 3.63) is 395 Å². The van der Waals surface area contributed by atoms with Crippen molar-refractivity contribution in [2.75, 3.05) is 0 Å². The van der Waals surface area contributed by atoms with Gasteiger partial charge in [0, 0.05) is 53.9 Å². The van der Waals surface area contributed by atoms with E-state index in [1.54, 1.807) is 21.0 Å². The van der Waals surface area contributed by atoms with Gasteiger partial charge in [-0.15, -0.1) is 108 Å². The topological polar surface area (TPSA) is 111 Å². The molecule has 0 atom stereocenters. The third kappa shape index (κ3) is 28.7. The first-order chi connectivity index (χ1) is 52.8. The molecule has 0 aliphatic heterocycles. The number of pyridine rings is 6. The Labute approximate surface area is 680 Å². The molecular formula is C92H75AgCl3F3Ir2N6O2-. The van der Waals surface area contributed by atoms with Gasteiger partial charge in [-0.3, -0.25) is 15.0 Å². The fourth-order valence-corrected chi connectivity index (χ4v) is 12.2. The van der Waals surface area contributed by atoms with E-state index >= 15 is 0 Å². The van der Waals surface area contributed by atoms with Gasteiger partial charge in [0.25, 0.3) is 6.18 Å². The molecule has 8 nitrogen and oxygen atoms in total. The molecule has 0 saturated heterocycles. The van der Waals surface area contributed by atoms with E-state index in [0.29, 0.717) is 0 Å². The molecule has 0 fully saturated rings. The first-order valence-electron chi connectivity index (χ1n) is 35.0. The van der Waals surface area contributed by atoms with Crippen molar-refractivity contribution >= 4 is 35.0 Å².